The van der Waals surface area contributed by atoms with Gasteiger partial charge in [-0.2, -0.15) is 0 Å². The molecule has 0 aliphatic carbocycles. The number of hydrogen-bond acceptors (Lipinski definition) is 4. The SMILES string of the molecule is CCNC(=O)[C@H](Cc1ccccc1)N(Cc1cccc(Cl)c1)C(=O)CCCN(c1cccc(C)c1)S(C)(=O)=O. The number of carbonyl (C=O) groups excluding carboxylic acids is 2. The maximum Gasteiger partial charge on any atom is 0.243 e. The zero-order valence-corrected chi connectivity index (χ0v) is 24.2. The number of amides is 2. The van der Waals surface area contributed by atoms with Crippen molar-refractivity contribution in [2.24, 2.45) is 0 Å². The van der Waals surface area contributed by atoms with Crippen molar-refractivity contribution in [2.75, 3.05) is 23.7 Å². The van der Waals surface area contributed by atoms with E-state index in [0.717, 1.165) is 22.9 Å². The maximum absolute atomic E-state index is 13.7. The van der Waals surface area contributed by atoms with E-state index in [1.165, 1.54) is 4.31 Å². The van der Waals surface area contributed by atoms with E-state index in [0.29, 0.717) is 30.1 Å². The zero-order valence-electron chi connectivity index (χ0n) is 22.6. The molecule has 0 aliphatic heterocycles. The Bertz CT molecular complexity index is 1370. The maximum atomic E-state index is 13.7. The molecule has 0 unspecified atom stereocenters. The van der Waals surface area contributed by atoms with Crippen molar-refractivity contribution in [2.45, 2.75) is 45.7 Å². The molecule has 3 rings (SSSR count). The van der Waals surface area contributed by atoms with Gasteiger partial charge in [-0.1, -0.05) is 66.2 Å². The van der Waals surface area contributed by atoms with Crippen molar-refractivity contribution in [3.63, 3.8) is 0 Å². The van der Waals surface area contributed by atoms with Gasteiger partial charge in [0.1, 0.15) is 6.04 Å². The van der Waals surface area contributed by atoms with Crippen LogP contribution in [0, 0.1) is 6.92 Å². The molecule has 0 spiro atoms. The van der Waals surface area contributed by atoms with Crippen molar-refractivity contribution in [3.05, 3.63) is 101 Å². The van der Waals surface area contributed by atoms with Crippen molar-refractivity contribution in [1.29, 1.82) is 0 Å². The molecule has 0 saturated heterocycles. The van der Waals surface area contributed by atoms with Crippen LogP contribution in [0.15, 0.2) is 78.9 Å². The van der Waals surface area contributed by atoms with Crippen molar-refractivity contribution in [1.82, 2.24) is 10.2 Å². The first-order valence-corrected chi connectivity index (χ1v) is 15.2. The Morgan fingerprint density at radius 1 is 0.949 bits per heavy atom. The second-order valence-electron chi connectivity index (χ2n) is 9.53. The van der Waals surface area contributed by atoms with E-state index >= 15 is 0 Å². The minimum absolute atomic E-state index is 0.0725. The molecule has 3 aromatic carbocycles. The molecule has 0 aromatic heterocycles. The summed E-state index contributed by atoms with van der Waals surface area (Å²) >= 11 is 6.21. The lowest BCUT2D eigenvalue weighted by molar-refractivity contribution is -0.141. The highest BCUT2D eigenvalue weighted by atomic mass is 35.5. The van der Waals surface area contributed by atoms with E-state index in [-0.39, 0.29) is 31.3 Å². The Morgan fingerprint density at radius 3 is 2.28 bits per heavy atom. The Labute approximate surface area is 236 Å². The quantitative estimate of drug-likeness (QED) is 0.315. The summed E-state index contributed by atoms with van der Waals surface area (Å²) in [6, 6.07) is 23.3. The van der Waals surface area contributed by atoms with E-state index in [2.05, 4.69) is 5.32 Å². The highest BCUT2D eigenvalue weighted by molar-refractivity contribution is 7.92. The first-order valence-electron chi connectivity index (χ1n) is 13.0. The van der Waals surface area contributed by atoms with Crippen LogP contribution < -0.4 is 9.62 Å². The molecule has 0 bridgehead atoms. The van der Waals surface area contributed by atoms with Gasteiger partial charge < -0.3 is 10.2 Å². The van der Waals surface area contributed by atoms with Gasteiger partial charge in [-0.15, -0.1) is 0 Å². The van der Waals surface area contributed by atoms with Crippen LogP contribution >= 0.6 is 11.6 Å². The Morgan fingerprint density at radius 2 is 1.64 bits per heavy atom. The van der Waals surface area contributed by atoms with E-state index in [1.807, 2.05) is 62.4 Å². The summed E-state index contributed by atoms with van der Waals surface area (Å²) in [5.41, 5.74) is 3.23. The number of sulfonamides is 1. The van der Waals surface area contributed by atoms with Crippen LogP contribution in [-0.4, -0.2) is 50.5 Å². The molecule has 0 heterocycles. The molecule has 208 valence electrons. The summed E-state index contributed by atoms with van der Waals surface area (Å²) < 4.78 is 26.4. The third-order valence-electron chi connectivity index (χ3n) is 6.31. The summed E-state index contributed by atoms with van der Waals surface area (Å²) in [6.07, 6.45) is 1.87. The lowest BCUT2D eigenvalue weighted by Gasteiger charge is -2.32. The lowest BCUT2D eigenvalue weighted by atomic mass is 10.0. The van der Waals surface area contributed by atoms with Crippen molar-refractivity contribution in [3.8, 4) is 0 Å². The molecule has 9 heteroatoms. The third-order valence-corrected chi connectivity index (χ3v) is 7.74. The van der Waals surface area contributed by atoms with Gasteiger partial charge in [-0.05, 0) is 61.2 Å². The Kier molecular flexibility index (Phi) is 10.9. The number of nitrogens with zero attached hydrogens (tertiary/aromatic N) is 2. The van der Waals surface area contributed by atoms with Crippen LogP contribution in [0.1, 0.15) is 36.5 Å². The van der Waals surface area contributed by atoms with E-state index < -0.39 is 16.1 Å². The van der Waals surface area contributed by atoms with E-state index in [4.69, 9.17) is 11.6 Å². The van der Waals surface area contributed by atoms with Gasteiger partial charge in [0, 0.05) is 37.5 Å². The fourth-order valence-electron chi connectivity index (χ4n) is 4.47. The van der Waals surface area contributed by atoms with E-state index in [9.17, 15) is 18.0 Å². The number of carbonyl (C=O) groups is 2. The molecule has 3 aromatic rings. The molecule has 0 radical (unpaired) electrons. The van der Waals surface area contributed by atoms with E-state index in [1.54, 1.807) is 35.2 Å². The highest BCUT2D eigenvalue weighted by Crippen LogP contribution is 2.22. The number of likely N-dealkylation sites (N-methyl/N-ethyl adjacent to an activating group) is 1. The van der Waals surface area contributed by atoms with Gasteiger partial charge in [-0.25, -0.2) is 8.42 Å². The van der Waals surface area contributed by atoms with Crippen LogP contribution in [0.3, 0.4) is 0 Å². The number of aryl methyl sites for hydroxylation is 1. The van der Waals surface area contributed by atoms with Gasteiger partial charge in [0.05, 0.1) is 11.9 Å². The molecular weight excluding hydrogens is 534 g/mol. The highest BCUT2D eigenvalue weighted by Gasteiger charge is 2.30. The fraction of sp³-hybridized carbons (Fsp3) is 0.333. The number of anilines is 1. The molecular formula is C30H36ClN3O4S. The summed E-state index contributed by atoms with van der Waals surface area (Å²) in [5.74, 6) is -0.478. The summed E-state index contributed by atoms with van der Waals surface area (Å²) in [4.78, 5) is 28.6. The Hall–Kier alpha value is -3.36. The molecule has 39 heavy (non-hydrogen) atoms. The van der Waals surface area contributed by atoms with Crippen LogP contribution in [-0.2, 0) is 32.6 Å². The molecule has 7 nitrogen and oxygen atoms in total. The van der Waals surface area contributed by atoms with Gasteiger partial charge in [-0.3, -0.25) is 13.9 Å². The molecule has 0 aliphatic rings. The first-order chi connectivity index (χ1) is 18.6. The molecule has 0 saturated carbocycles. The average Bonchev–Trinajstić information content (AvgIpc) is 2.88. The monoisotopic (exact) mass is 569 g/mol. The molecule has 1 atom stereocenters. The van der Waals surface area contributed by atoms with Crippen molar-refractivity contribution < 1.29 is 18.0 Å². The number of benzene rings is 3. The first kappa shape index (κ1) is 30.2. The van der Waals surface area contributed by atoms with Crippen LogP contribution in [0.25, 0.3) is 0 Å². The standard InChI is InChI=1S/C30H36ClN3O4S/c1-4-32-30(36)28(21-24-12-6-5-7-13-24)33(22-25-14-9-15-26(31)20-25)29(35)17-10-18-34(39(3,37)38)27-16-8-11-23(2)19-27/h5-9,11-16,19-20,28H,4,10,17-18,21-22H2,1-3H3,(H,32,36)/t28-/m0/s1. The lowest BCUT2D eigenvalue weighted by Crippen LogP contribution is -2.50. The zero-order chi connectivity index (χ0) is 28.4. The Balaban J connectivity index is 1.86. The second-order valence-corrected chi connectivity index (χ2v) is 11.9. The molecule has 0 fully saturated rings. The largest absolute Gasteiger partial charge is 0.355 e. The fourth-order valence-corrected chi connectivity index (χ4v) is 5.64. The molecule has 1 N–H and O–H groups in total. The minimum Gasteiger partial charge on any atom is -0.355 e. The van der Waals surface area contributed by atoms with Crippen LogP contribution in [0.4, 0.5) is 5.69 Å². The van der Waals surface area contributed by atoms with Crippen LogP contribution in [0.5, 0.6) is 0 Å². The number of hydrogen-bond donors (Lipinski definition) is 1. The summed E-state index contributed by atoms with van der Waals surface area (Å²) in [5, 5.41) is 3.41. The van der Waals surface area contributed by atoms with Crippen LogP contribution in [0.2, 0.25) is 5.02 Å². The number of nitrogens with one attached hydrogen (secondary N) is 1. The second kappa shape index (κ2) is 14.1. The number of rotatable bonds is 13. The summed E-state index contributed by atoms with van der Waals surface area (Å²) in [6.45, 7) is 4.51. The minimum atomic E-state index is -3.55. The van der Waals surface area contributed by atoms with Crippen molar-refractivity contribution >= 4 is 39.1 Å². The molecule has 2 amide bonds. The smallest absolute Gasteiger partial charge is 0.243 e. The predicted octanol–water partition coefficient (Wildman–Crippen LogP) is 4.97. The van der Waals surface area contributed by atoms with Gasteiger partial charge in [0.2, 0.25) is 21.8 Å². The average molecular weight is 570 g/mol. The van der Waals surface area contributed by atoms with Gasteiger partial charge >= 0.3 is 0 Å². The topological polar surface area (TPSA) is 86.8 Å². The van der Waals surface area contributed by atoms with Gasteiger partial charge in [0.15, 0.2) is 0 Å². The summed E-state index contributed by atoms with van der Waals surface area (Å²) in [7, 11) is -3.55. The number of halogens is 1. The van der Waals surface area contributed by atoms with Gasteiger partial charge in [0.25, 0.3) is 0 Å². The predicted molar refractivity (Wildman–Crippen MR) is 157 cm³/mol. The third kappa shape index (κ3) is 9.11. The normalized spacial score (nSPS) is 12.0.